The summed E-state index contributed by atoms with van der Waals surface area (Å²) in [6.45, 7) is 0. The van der Waals surface area contributed by atoms with E-state index < -0.39 is 29.3 Å². The first-order valence-electron chi connectivity index (χ1n) is 5.79. The Kier molecular flexibility index (Phi) is 3.17. The summed E-state index contributed by atoms with van der Waals surface area (Å²) in [5.41, 5.74) is 0.505. The smallest absolute Gasteiger partial charge is 0.255 e. The first-order valence-corrected chi connectivity index (χ1v) is 5.79. The van der Waals surface area contributed by atoms with Gasteiger partial charge in [0, 0.05) is 17.6 Å². The average molecular weight is 294 g/mol. The summed E-state index contributed by atoms with van der Waals surface area (Å²) >= 11 is 0. The molecular weight excluding hydrogens is 288 g/mol. The van der Waals surface area contributed by atoms with Crippen LogP contribution in [0.3, 0.4) is 0 Å². The molecule has 0 aliphatic carbocycles. The highest BCUT2D eigenvalue weighted by Gasteiger charge is 2.22. The summed E-state index contributed by atoms with van der Waals surface area (Å²) in [7, 11) is 0. The van der Waals surface area contributed by atoms with Gasteiger partial charge in [0.2, 0.25) is 17.4 Å². The Morgan fingerprint density at radius 2 is 1.62 bits per heavy atom. The van der Waals surface area contributed by atoms with Gasteiger partial charge in [0.25, 0.3) is 11.9 Å². The average Bonchev–Trinajstić information content (AvgIpc) is 2.49. The number of ether oxygens (including phenoxy) is 1. The Hall–Kier alpha value is -2.70. The standard InChI is InChI=1S/C14H6F4N2O/c15-10-12(11(16)14(18)20-13(10)17)21-8-4-3-7-2-1-5-19-9(7)6-8/h1-6H. The van der Waals surface area contributed by atoms with Gasteiger partial charge < -0.3 is 4.74 Å². The lowest BCUT2D eigenvalue weighted by molar-refractivity contribution is 0.343. The largest absolute Gasteiger partial charge is 0.451 e. The third-order valence-corrected chi connectivity index (χ3v) is 2.75. The summed E-state index contributed by atoms with van der Waals surface area (Å²) in [6, 6.07) is 7.89. The Labute approximate surface area is 115 Å². The highest BCUT2D eigenvalue weighted by molar-refractivity contribution is 5.79. The van der Waals surface area contributed by atoms with Crippen LogP contribution in [0.1, 0.15) is 0 Å². The van der Waals surface area contributed by atoms with E-state index in [4.69, 9.17) is 4.74 Å². The fraction of sp³-hybridized carbons (Fsp3) is 0. The van der Waals surface area contributed by atoms with Gasteiger partial charge in [-0.2, -0.15) is 22.5 Å². The van der Waals surface area contributed by atoms with Crippen molar-refractivity contribution in [2.45, 2.75) is 0 Å². The van der Waals surface area contributed by atoms with Crippen molar-refractivity contribution in [2.24, 2.45) is 0 Å². The van der Waals surface area contributed by atoms with Gasteiger partial charge in [0.1, 0.15) is 5.75 Å². The molecule has 0 fully saturated rings. The Morgan fingerprint density at radius 3 is 2.33 bits per heavy atom. The van der Waals surface area contributed by atoms with E-state index in [0.29, 0.717) is 5.52 Å². The first-order chi connectivity index (χ1) is 10.1. The molecule has 0 aliphatic rings. The number of hydrogen-bond donors (Lipinski definition) is 0. The van der Waals surface area contributed by atoms with Crippen LogP contribution in [0.2, 0.25) is 0 Å². The van der Waals surface area contributed by atoms with Crippen molar-refractivity contribution in [2.75, 3.05) is 0 Å². The van der Waals surface area contributed by atoms with Crippen LogP contribution in [-0.2, 0) is 0 Å². The number of fused-ring (bicyclic) bond motifs is 1. The predicted molar refractivity (Wildman–Crippen MR) is 65.9 cm³/mol. The van der Waals surface area contributed by atoms with Crippen molar-refractivity contribution >= 4 is 10.9 Å². The Morgan fingerprint density at radius 1 is 0.905 bits per heavy atom. The van der Waals surface area contributed by atoms with E-state index in [0.717, 1.165) is 5.39 Å². The summed E-state index contributed by atoms with van der Waals surface area (Å²) in [5, 5.41) is 0.776. The monoisotopic (exact) mass is 294 g/mol. The SMILES string of the molecule is Fc1nc(F)c(F)c(Oc2ccc3cccnc3c2)c1F. The lowest BCUT2D eigenvalue weighted by atomic mass is 10.2. The molecule has 1 aromatic carbocycles. The molecule has 0 amide bonds. The maximum atomic E-state index is 13.5. The van der Waals surface area contributed by atoms with Crippen LogP contribution in [0, 0.1) is 23.5 Å². The second-order valence-electron chi connectivity index (χ2n) is 4.11. The zero-order chi connectivity index (χ0) is 15.0. The molecule has 3 rings (SSSR count). The highest BCUT2D eigenvalue weighted by atomic mass is 19.2. The van der Waals surface area contributed by atoms with E-state index >= 15 is 0 Å². The molecule has 0 spiro atoms. The van der Waals surface area contributed by atoms with Gasteiger partial charge in [-0.25, -0.2) is 0 Å². The molecule has 21 heavy (non-hydrogen) atoms. The molecular formula is C14H6F4N2O. The quantitative estimate of drug-likeness (QED) is 0.529. The second-order valence-corrected chi connectivity index (χ2v) is 4.11. The molecule has 0 N–H and O–H groups in total. The van der Waals surface area contributed by atoms with Crippen molar-refractivity contribution in [3.05, 3.63) is 60.1 Å². The third-order valence-electron chi connectivity index (χ3n) is 2.75. The molecule has 2 heterocycles. The summed E-state index contributed by atoms with van der Waals surface area (Å²) in [4.78, 5) is 6.48. The number of aromatic nitrogens is 2. The van der Waals surface area contributed by atoms with Crippen LogP contribution in [0.5, 0.6) is 11.5 Å². The number of pyridine rings is 2. The maximum Gasteiger partial charge on any atom is 0.255 e. The second kappa shape index (κ2) is 5.01. The molecule has 3 aromatic rings. The van der Waals surface area contributed by atoms with Crippen LogP contribution >= 0.6 is 0 Å². The molecule has 7 heteroatoms. The summed E-state index contributed by atoms with van der Waals surface area (Å²) < 4.78 is 57.8. The van der Waals surface area contributed by atoms with Gasteiger partial charge in [-0.05, 0) is 18.2 Å². The van der Waals surface area contributed by atoms with Gasteiger partial charge in [0.05, 0.1) is 5.52 Å². The molecule has 106 valence electrons. The number of nitrogens with zero attached hydrogens (tertiary/aromatic N) is 2. The minimum atomic E-state index is -1.78. The van der Waals surface area contributed by atoms with Crippen LogP contribution < -0.4 is 4.74 Å². The van der Waals surface area contributed by atoms with E-state index in [1.54, 1.807) is 18.2 Å². The van der Waals surface area contributed by atoms with E-state index in [1.807, 2.05) is 0 Å². The van der Waals surface area contributed by atoms with Gasteiger partial charge in [-0.15, -0.1) is 0 Å². The van der Waals surface area contributed by atoms with Gasteiger partial charge in [-0.1, -0.05) is 6.07 Å². The highest BCUT2D eigenvalue weighted by Crippen LogP contribution is 2.30. The Bertz CT molecular complexity index is 812. The van der Waals surface area contributed by atoms with E-state index in [-0.39, 0.29) is 5.75 Å². The van der Waals surface area contributed by atoms with Crippen molar-refractivity contribution in [3.63, 3.8) is 0 Å². The molecule has 0 saturated heterocycles. The van der Waals surface area contributed by atoms with Gasteiger partial charge in [-0.3, -0.25) is 4.98 Å². The van der Waals surface area contributed by atoms with Crippen molar-refractivity contribution in [1.29, 1.82) is 0 Å². The van der Waals surface area contributed by atoms with Gasteiger partial charge >= 0.3 is 0 Å². The van der Waals surface area contributed by atoms with E-state index in [1.165, 1.54) is 18.3 Å². The fourth-order valence-corrected chi connectivity index (χ4v) is 1.79. The van der Waals surface area contributed by atoms with E-state index in [2.05, 4.69) is 9.97 Å². The lowest BCUT2D eigenvalue weighted by Gasteiger charge is -2.09. The van der Waals surface area contributed by atoms with Crippen LogP contribution in [0.15, 0.2) is 36.5 Å². The van der Waals surface area contributed by atoms with E-state index in [9.17, 15) is 17.6 Å². The molecule has 0 radical (unpaired) electrons. The van der Waals surface area contributed by atoms with Gasteiger partial charge in [0.15, 0.2) is 0 Å². The molecule has 0 bridgehead atoms. The number of rotatable bonds is 2. The Balaban J connectivity index is 2.06. The van der Waals surface area contributed by atoms with Crippen LogP contribution in [0.4, 0.5) is 17.6 Å². The molecule has 0 aliphatic heterocycles. The molecule has 3 nitrogen and oxygen atoms in total. The summed E-state index contributed by atoms with van der Waals surface area (Å²) in [5.74, 6) is -8.14. The predicted octanol–water partition coefficient (Wildman–Crippen LogP) is 3.98. The van der Waals surface area contributed by atoms with Crippen LogP contribution in [0.25, 0.3) is 10.9 Å². The minimum Gasteiger partial charge on any atom is -0.451 e. The van der Waals surface area contributed by atoms with Crippen molar-refractivity contribution in [3.8, 4) is 11.5 Å². The molecule has 0 unspecified atom stereocenters. The number of benzene rings is 1. The lowest BCUT2D eigenvalue weighted by Crippen LogP contribution is -2.03. The topological polar surface area (TPSA) is 35.0 Å². The normalized spacial score (nSPS) is 10.9. The minimum absolute atomic E-state index is 0.0102. The number of hydrogen-bond acceptors (Lipinski definition) is 3. The third kappa shape index (κ3) is 2.37. The summed E-state index contributed by atoms with van der Waals surface area (Å²) in [6.07, 6.45) is 1.53. The van der Waals surface area contributed by atoms with Crippen molar-refractivity contribution in [1.82, 2.24) is 9.97 Å². The molecule has 2 aromatic heterocycles. The zero-order valence-electron chi connectivity index (χ0n) is 10.3. The maximum absolute atomic E-state index is 13.5. The van der Waals surface area contributed by atoms with Crippen molar-refractivity contribution < 1.29 is 22.3 Å². The van der Waals surface area contributed by atoms with Crippen LogP contribution in [-0.4, -0.2) is 9.97 Å². The molecule has 0 atom stereocenters. The zero-order valence-corrected chi connectivity index (χ0v) is 10.3. The first kappa shape index (κ1) is 13.3. The number of halogens is 4. The molecule has 0 saturated carbocycles. The fourth-order valence-electron chi connectivity index (χ4n) is 1.79.